The van der Waals surface area contributed by atoms with Gasteiger partial charge in [-0.05, 0) is 43.5 Å². The Morgan fingerprint density at radius 2 is 1.80 bits per heavy atom. The molecule has 1 aromatic rings. The van der Waals surface area contributed by atoms with Gasteiger partial charge in [-0.15, -0.1) is 0 Å². The van der Waals surface area contributed by atoms with E-state index in [1.165, 1.54) is 0 Å². The lowest BCUT2D eigenvalue weighted by molar-refractivity contribution is 0.271. The maximum atomic E-state index is 12.0. The summed E-state index contributed by atoms with van der Waals surface area (Å²) < 4.78 is 32.0. The molecule has 1 atom stereocenters. The molecule has 1 aromatic carbocycles. The monoisotopic (exact) mass is 300 g/mol. The van der Waals surface area contributed by atoms with Gasteiger partial charge in [0.2, 0.25) is 10.0 Å². The van der Waals surface area contributed by atoms with E-state index in [0.717, 1.165) is 0 Å². The fourth-order valence-electron chi connectivity index (χ4n) is 1.48. The summed E-state index contributed by atoms with van der Waals surface area (Å²) in [6.45, 7) is 6.90. The van der Waals surface area contributed by atoms with E-state index in [4.69, 9.17) is 10.5 Å². The number of ether oxygens (including phenoxy) is 1. The number of hydrogen-bond acceptors (Lipinski definition) is 4. The highest BCUT2D eigenvalue weighted by Gasteiger charge is 2.13. The van der Waals surface area contributed by atoms with Crippen molar-refractivity contribution in [2.45, 2.75) is 38.1 Å². The van der Waals surface area contributed by atoms with E-state index in [-0.39, 0.29) is 10.9 Å². The molecule has 0 aliphatic rings. The molecule has 0 amide bonds. The lowest BCUT2D eigenvalue weighted by Crippen LogP contribution is -2.29. The summed E-state index contributed by atoms with van der Waals surface area (Å²) in [6, 6.07) is 6.41. The fourth-order valence-corrected chi connectivity index (χ4v) is 2.53. The molecule has 0 saturated heterocycles. The van der Waals surface area contributed by atoms with Crippen LogP contribution >= 0.6 is 0 Å². The highest BCUT2D eigenvalue weighted by atomic mass is 32.2. The third-order valence-electron chi connectivity index (χ3n) is 2.61. The van der Waals surface area contributed by atoms with Crippen LogP contribution in [0.25, 0.3) is 0 Å². The van der Waals surface area contributed by atoms with Gasteiger partial charge in [-0.3, -0.25) is 0 Å². The first-order valence-corrected chi connectivity index (χ1v) is 8.27. The Balaban J connectivity index is 2.62. The first-order valence-electron chi connectivity index (χ1n) is 6.79. The second kappa shape index (κ2) is 7.61. The van der Waals surface area contributed by atoms with E-state index in [1.54, 1.807) is 24.3 Å². The molecule has 3 N–H and O–H groups in total. The SMILES string of the molecule is CC(C)COc1ccc(S(=O)(=O)NCCC(C)N)cc1. The van der Waals surface area contributed by atoms with Gasteiger partial charge >= 0.3 is 0 Å². The van der Waals surface area contributed by atoms with Crippen molar-refractivity contribution >= 4 is 10.0 Å². The van der Waals surface area contributed by atoms with Crippen molar-refractivity contribution in [2.24, 2.45) is 11.7 Å². The summed E-state index contributed by atoms with van der Waals surface area (Å²) in [5, 5.41) is 0. The van der Waals surface area contributed by atoms with E-state index in [1.807, 2.05) is 6.92 Å². The van der Waals surface area contributed by atoms with Crippen LogP contribution in [0, 0.1) is 5.92 Å². The predicted octanol–water partition coefficient (Wildman–Crippen LogP) is 1.74. The van der Waals surface area contributed by atoms with Gasteiger partial charge in [0.15, 0.2) is 0 Å². The van der Waals surface area contributed by atoms with Crippen molar-refractivity contribution in [1.82, 2.24) is 4.72 Å². The van der Waals surface area contributed by atoms with Crippen LogP contribution in [-0.4, -0.2) is 27.6 Å². The van der Waals surface area contributed by atoms with E-state index >= 15 is 0 Å². The molecule has 1 rings (SSSR count). The lowest BCUT2D eigenvalue weighted by atomic mass is 10.2. The highest BCUT2D eigenvalue weighted by Crippen LogP contribution is 2.16. The molecule has 5 nitrogen and oxygen atoms in total. The zero-order chi connectivity index (χ0) is 15.2. The Labute approximate surface area is 121 Å². The first kappa shape index (κ1) is 16.9. The highest BCUT2D eigenvalue weighted by molar-refractivity contribution is 7.89. The number of sulfonamides is 1. The number of rotatable bonds is 8. The molecule has 0 fully saturated rings. The minimum Gasteiger partial charge on any atom is -0.493 e. The summed E-state index contributed by atoms with van der Waals surface area (Å²) in [6.07, 6.45) is 0.606. The smallest absolute Gasteiger partial charge is 0.240 e. The van der Waals surface area contributed by atoms with Gasteiger partial charge in [-0.2, -0.15) is 0 Å². The van der Waals surface area contributed by atoms with Crippen molar-refractivity contribution in [1.29, 1.82) is 0 Å². The molecule has 0 aliphatic heterocycles. The van der Waals surface area contributed by atoms with Crippen LogP contribution in [0.5, 0.6) is 5.75 Å². The second-order valence-corrected chi connectivity index (χ2v) is 7.11. The molecule has 0 bridgehead atoms. The first-order chi connectivity index (χ1) is 9.31. The average molecular weight is 300 g/mol. The number of hydrogen-bond donors (Lipinski definition) is 2. The maximum Gasteiger partial charge on any atom is 0.240 e. The Kier molecular flexibility index (Phi) is 6.45. The fraction of sp³-hybridized carbons (Fsp3) is 0.571. The molecule has 0 spiro atoms. The summed E-state index contributed by atoms with van der Waals surface area (Å²) in [5.41, 5.74) is 5.59. The van der Waals surface area contributed by atoms with E-state index in [9.17, 15) is 8.42 Å². The van der Waals surface area contributed by atoms with Crippen LogP contribution in [0.2, 0.25) is 0 Å². The van der Waals surface area contributed by atoms with E-state index in [0.29, 0.717) is 31.2 Å². The molecular weight excluding hydrogens is 276 g/mol. The zero-order valence-corrected chi connectivity index (χ0v) is 13.1. The molecule has 114 valence electrons. The van der Waals surface area contributed by atoms with Crippen molar-refractivity contribution < 1.29 is 13.2 Å². The van der Waals surface area contributed by atoms with Gasteiger partial charge in [0, 0.05) is 12.6 Å². The number of nitrogens with two attached hydrogens (primary N) is 1. The van der Waals surface area contributed by atoms with Crippen LogP contribution < -0.4 is 15.2 Å². The van der Waals surface area contributed by atoms with Crippen LogP contribution in [0.1, 0.15) is 27.2 Å². The topological polar surface area (TPSA) is 81.4 Å². The maximum absolute atomic E-state index is 12.0. The summed E-state index contributed by atoms with van der Waals surface area (Å²) >= 11 is 0. The molecule has 0 aromatic heterocycles. The van der Waals surface area contributed by atoms with Crippen molar-refractivity contribution in [3.05, 3.63) is 24.3 Å². The van der Waals surface area contributed by atoms with Crippen molar-refractivity contribution in [2.75, 3.05) is 13.2 Å². The molecule has 0 heterocycles. The molecule has 0 radical (unpaired) electrons. The van der Waals surface area contributed by atoms with Gasteiger partial charge in [-0.25, -0.2) is 13.1 Å². The Morgan fingerprint density at radius 3 is 2.30 bits per heavy atom. The molecule has 20 heavy (non-hydrogen) atoms. The van der Waals surface area contributed by atoms with Gasteiger partial charge in [0.25, 0.3) is 0 Å². The Morgan fingerprint density at radius 1 is 1.20 bits per heavy atom. The van der Waals surface area contributed by atoms with E-state index in [2.05, 4.69) is 18.6 Å². The lowest BCUT2D eigenvalue weighted by Gasteiger charge is -2.10. The largest absolute Gasteiger partial charge is 0.493 e. The quantitative estimate of drug-likeness (QED) is 0.766. The average Bonchev–Trinajstić information content (AvgIpc) is 2.36. The molecular formula is C14H24N2O3S. The molecule has 0 aliphatic carbocycles. The normalized spacial score (nSPS) is 13.4. The minimum atomic E-state index is -3.47. The summed E-state index contributed by atoms with van der Waals surface area (Å²) in [4.78, 5) is 0.235. The van der Waals surface area contributed by atoms with Crippen LogP contribution in [0.3, 0.4) is 0 Å². The summed E-state index contributed by atoms with van der Waals surface area (Å²) in [5.74, 6) is 1.10. The van der Waals surface area contributed by atoms with Crippen molar-refractivity contribution in [3.8, 4) is 5.75 Å². The van der Waals surface area contributed by atoms with Gasteiger partial charge in [0.1, 0.15) is 5.75 Å². The van der Waals surface area contributed by atoms with Crippen LogP contribution in [-0.2, 0) is 10.0 Å². The van der Waals surface area contributed by atoms with Crippen LogP contribution in [0.15, 0.2) is 29.2 Å². The van der Waals surface area contributed by atoms with Gasteiger partial charge in [0.05, 0.1) is 11.5 Å². The van der Waals surface area contributed by atoms with Crippen LogP contribution in [0.4, 0.5) is 0 Å². The third-order valence-corrected chi connectivity index (χ3v) is 4.09. The Hall–Kier alpha value is -1.11. The predicted molar refractivity (Wildman–Crippen MR) is 80.2 cm³/mol. The summed E-state index contributed by atoms with van der Waals surface area (Å²) in [7, 11) is -3.47. The van der Waals surface area contributed by atoms with Crippen molar-refractivity contribution in [3.63, 3.8) is 0 Å². The van der Waals surface area contributed by atoms with Gasteiger partial charge in [-0.1, -0.05) is 13.8 Å². The minimum absolute atomic E-state index is 0.0236. The number of benzene rings is 1. The standard InChI is InChI=1S/C14H24N2O3S/c1-11(2)10-19-13-4-6-14(7-5-13)20(17,18)16-9-8-12(3)15/h4-7,11-12,16H,8-10,15H2,1-3H3. The van der Waals surface area contributed by atoms with Gasteiger partial charge < -0.3 is 10.5 Å². The molecule has 1 unspecified atom stereocenters. The molecule has 6 heteroatoms. The Bertz CT molecular complexity index is 496. The second-order valence-electron chi connectivity index (χ2n) is 5.34. The zero-order valence-electron chi connectivity index (χ0n) is 12.3. The molecule has 0 saturated carbocycles. The third kappa shape index (κ3) is 5.90. The number of nitrogens with one attached hydrogen (secondary N) is 1. The van der Waals surface area contributed by atoms with E-state index < -0.39 is 10.0 Å².